The van der Waals surface area contributed by atoms with E-state index in [-0.39, 0.29) is 0 Å². The van der Waals surface area contributed by atoms with Crippen molar-refractivity contribution >= 4 is 11.9 Å². The zero-order valence-electron chi connectivity index (χ0n) is 7.68. The molecule has 0 saturated carbocycles. The predicted molar refractivity (Wildman–Crippen MR) is 45.6 cm³/mol. The van der Waals surface area contributed by atoms with Crippen LogP contribution < -0.4 is 0 Å². The molecule has 6 heteroatoms. The number of nitrogens with zero attached hydrogens (tertiary/aromatic N) is 1. The van der Waals surface area contributed by atoms with Gasteiger partial charge in [-0.05, 0) is 19.3 Å². The Hall–Kier alpha value is -1.14. The first-order valence-corrected chi connectivity index (χ1v) is 4.48. The van der Waals surface area contributed by atoms with E-state index in [9.17, 15) is 9.59 Å². The van der Waals surface area contributed by atoms with Crippen molar-refractivity contribution in [1.82, 2.24) is 5.06 Å². The molecule has 1 aliphatic rings. The Balaban J connectivity index is 2.65. The van der Waals surface area contributed by atoms with E-state index in [1.54, 1.807) is 0 Å². The van der Waals surface area contributed by atoms with Crippen LogP contribution in [0.15, 0.2) is 0 Å². The average Bonchev–Trinajstić information content (AvgIpc) is 2.31. The summed E-state index contributed by atoms with van der Waals surface area (Å²) in [5.74, 6) is -2.78. The highest BCUT2D eigenvalue weighted by Gasteiger charge is 2.34. The lowest BCUT2D eigenvalue weighted by Gasteiger charge is -2.22. The lowest BCUT2D eigenvalue weighted by atomic mass is 10.2. The largest absolute Gasteiger partial charge is 0.480 e. The summed E-state index contributed by atoms with van der Waals surface area (Å²) in [6.07, 6.45) is 2.53. The average molecular weight is 203 g/mol. The highest BCUT2D eigenvalue weighted by Crippen LogP contribution is 2.11. The van der Waals surface area contributed by atoms with Crippen molar-refractivity contribution in [2.45, 2.75) is 25.3 Å². The third-order valence-corrected chi connectivity index (χ3v) is 2.04. The van der Waals surface area contributed by atoms with Gasteiger partial charge in [0.15, 0.2) is 0 Å². The molecule has 1 rings (SSSR count). The summed E-state index contributed by atoms with van der Waals surface area (Å²) in [5.41, 5.74) is 0. The Morgan fingerprint density at radius 3 is 2.36 bits per heavy atom. The van der Waals surface area contributed by atoms with Gasteiger partial charge in [0.1, 0.15) is 0 Å². The summed E-state index contributed by atoms with van der Waals surface area (Å²) in [5, 5.41) is 18.4. The van der Waals surface area contributed by atoms with Gasteiger partial charge in [-0.2, -0.15) is 5.06 Å². The van der Waals surface area contributed by atoms with Gasteiger partial charge in [-0.3, -0.25) is 4.84 Å². The molecule has 2 N–H and O–H groups in total. The van der Waals surface area contributed by atoms with E-state index < -0.39 is 18.0 Å². The smallest absolute Gasteiger partial charge is 0.335 e. The summed E-state index contributed by atoms with van der Waals surface area (Å²) in [4.78, 5) is 26.4. The zero-order chi connectivity index (χ0) is 10.6. The third kappa shape index (κ3) is 2.68. The highest BCUT2D eigenvalue weighted by atomic mass is 16.7. The van der Waals surface area contributed by atoms with Gasteiger partial charge >= 0.3 is 11.9 Å². The molecule has 0 aromatic heterocycles. The quantitative estimate of drug-likeness (QED) is 0.625. The molecule has 0 aromatic rings. The minimum absolute atomic E-state index is 0.350. The summed E-state index contributed by atoms with van der Waals surface area (Å²) in [6, 6.07) is -1.59. The lowest BCUT2D eigenvalue weighted by Crippen LogP contribution is -2.46. The van der Waals surface area contributed by atoms with Crippen LogP contribution in [0.5, 0.6) is 0 Å². The van der Waals surface area contributed by atoms with Crippen LogP contribution in [-0.4, -0.2) is 46.4 Å². The van der Waals surface area contributed by atoms with E-state index in [1.807, 2.05) is 0 Å². The van der Waals surface area contributed by atoms with Crippen LogP contribution in [0.25, 0.3) is 0 Å². The number of hydroxylamine groups is 2. The van der Waals surface area contributed by atoms with Crippen LogP contribution in [0.4, 0.5) is 0 Å². The van der Waals surface area contributed by atoms with Gasteiger partial charge in [-0.25, -0.2) is 9.59 Å². The van der Waals surface area contributed by atoms with E-state index in [2.05, 4.69) is 0 Å². The minimum Gasteiger partial charge on any atom is -0.480 e. The molecule has 0 aliphatic carbocycles. The monoisotopic (exact) mass is 203 g/mol. The maximum Gasteiger partial charge on any atom is 0.335 e. The van der Waals surface area contributed by atoms with Crippen molar-refractivity contribution in [2.24, 2.45) is 0 Å². The predicted octanol–water partition coefficient (Wildman–Crippen LogP) is -0.0583. The standard InChI is InChI=1S/C8H13NO5/c10-7(11)6(8(12)13)9-4-2-1-3-5-14-9/h6H,1-5H2,(H,10,11)(H,12,13). The Kier molecular flexibility index (Phi) is 3.84. The fraction of sp³-hybridized carbons (Fsp3) is 0.750. The van der Waals surface area contributed by atoms with Crippen LogP contribution in [-0.2, 0) is 14.4 Å². The van der Waals surface area contributed by atoms with Crippen LogP contribution in [0.1, 0.15) is 19.3 Å². The van der Waals surface area contributed by atoms with E-state index in [1.165, 1.54) is 0 Å². The SMILES string of the molecule is O=C(O)C(C(=O)O)N1CCCCCO1. The number of hydrogen-bond acceptors (Lipinski definition) is 4. The van der Waals surface area contributed by atoms with Gasteiger partial charge in [0.05, 0.1) is 6.61 Å². The molecule has 0 amide bonds. The summed E-state index contributed by atoms with van der Waals surface area (Å²) in [6.45, 7) is 0.736. The first kappa shape index (κ1) is 10.9. The molecule has 80 valence electrons. The fourth-order valence-electron chi connectivity index (χ4n) is 1.35. The molecule has 6 nitrogen and oxygen atoms in total. The first-order chi connectivity index (χ1) is 6.63. The van der Waals surface area contributed by atoms with Crippen molar-refractivity contribution in [1.29, 1.82) is 0 Å². The van der Waals surface area contributed by atoms with Gasteiger partial charge in [0.2, 0.25) is 6.04 Å². The van der Waals surface area contributed by atoms with Crippen molar-refractivity contribution < 1.29 is 24.6 Å². The van der Waals surface area contributed by atoms with Crippen LogP contribution in [0.3, 0.4) is 0 Å². The molecule has 0 aromatic carbocycles. The summed E-state index contributed by atoms with van der Waals surface area (Å²) in [7, 11) is 0. The van der Waals surface area contributed by atoms with Crippen molar-refractivity contribution in [3.63, 3.8) is 0 Å². The molecule has 0 spiro atoms. The molecule has 0 atom stereocenters. The Morgan fingerprint density at radius 1 is 1.14 bits per heavy atom. The van der Waals surface area contributed by atoms with Crippen LogP contribution >= 0.6 is 0 Å². The number of carbonyl (C=O) groups is 2. The molecule has 0 unspecified atom stereocenters. The molecule has 1 fully saturated rings. The van der Waals surface area contributed by atoms with Crippen LogP contribution in [0, 0.1) is 0 Å². The van der Waals surface area contributed by atoms with Crippen molar-refractivity contribution in [3.05, 3.63) is 0 Å². The minimum atomic E-state index is -1.59. The number of carboxylic acid groups (broad SMARTS) is 2. The molecule has 1 saturated heterocycles. The Morgan fingerprint density at radius 2 is 1.79 bits per heavy atom. The zero-order valence-corrected chi connectivity index (χ0v) is 7.68. The van der Waals surface area contributed by atoms with Crippen LogP contribution in [0.2, 0.25) is 0 Å². The number of carboxylic acids is 2. The van der Waals surface area contributed by atoms with Gasteiger partial charge in [0.25, 0.3) is 0 Å². The molecular formula is C8H13NO5. The number of aliphatic carboxylic acids is 2. The Labute approximate surface area is 81.0 Å². The Bertz CT molecular complexity index is 208. The lowest BCUT2D eigenvalue weighted by molar-refractivity contribution is -0.203. The maximum absolute atomic E-state index is 10.6. The molecule has 1 heterocycles. The summed E-state index contributed by atoms with van der Waals surface area (Å²) < 4.78 is 0. The number of hydrogen-bond donors (Lipinski definition) is 2. The topological polar surface area (TPSA) is 87.1 Å². The van der Waals surface area contributed by atoms with Gasteiger partial charge in [-0.15, -0.1) is 0 Å². The molecule has 14 heavy (non-hydrogen) atoms. The van der Waals surface area contributed by atoms with E-state index in [4.69, 9.17) is 15.1 Å². The second kappa shape index (κ2) is 4.92. The first-order valence-electron chi connectivity index (χ1n) is 4.48. The third-order valence-electron chi connectivity index (χ3n) is 2.04. The molecular weight excluding hydrogens is 190 g/mol. The van der Waals surface area contributed by atoms with Crippen molar-refractivity contribution in [2.75, 3.05) is 13.2 Å². The highest BCUT2D eigenvalue weighted by molar-refractivity contribution is 5.97. The second-order valence-corrected chi connectivity index (χ2v) is 3.11. The summed E-state index contributed by atoms with van der Waals surface area (Å²) >= 11 is 0. The van der Waals surface area contributed by atoms with E-state index >= 15 is 0 Å². The van der Waals surface area contributed by atoms with Gasteiger partial charge < -0.3 is 10.2 Å². The molecule has 0 bridgehead atoms. The van der Waals surface area contributed by atoms with Gasteiger partial charge in [0, 0.05) is 6.54 Å². The molecule has 1 aliphatic heterocycles. The second-order valence-electron chi connectivity index (χ2n) is 3.11. The van der Waals surface area contributed by atoms with E-state index in [0.717, 1.165) is 24.3 Å². The van der Waals surface area contributed by atoms with Crippen molar-refractivity contribution in [3.8, 4) is 0 Å². The fourth-order valence-corrected chi connectivity index (χ4v) is 1.35. The van der Waals surface area contributed by atoms with E-state index in [0.29, 0.717) is 13.2 Å². The molecule has 0 radical (unpaired) electrons. The maximum atomic E-state index is 10.6. The van der Waals surface area contributed by atoms with Gasteiger partial charge in [-0.1, -0.05) is 0 Å². The number of rotatable bonds is 3. The normalized spacial score (nSPS) is 19.2.